The molecule has 0 aliphatic carbocycles. The van der Waals surface area contributed by atoms with E-state index in [0.717, 1.165) is 0 Å². The maximum absolute atomic E-state index is 12.5. The third-order valence-electron chi connectivity index (χ3n) is 4.35. The van der Waals surface area contributed by atoms with Crippen LogP contribution in [0, 0.1) is 5.92 Å². The standard InChI is InChI=1S/C17H24N2O4/c1-4-11(2)15(20)16(21)18-12-9-10-19(17(12)22)13-7-5-6-8-14(13)23-3/h5-8,11-12,15,20H,4,9-10H2,1-3H3,(H,18,21). The number of hydrogen-bond acceptors (Lipinski definition) is 4. The van der Waals surface area contributed by atoms with Gasteiger partial charge in [0, 0.05) is 6.54 Å². The van der Waals surface area contributed by atoms with Crippen LogP contribution in [0.2, 0.25) is 0 Å². The van der Waals surface area contributed by atoms with Crippen molar-refractivity contribution in [2.75, 3.05) is 18.6 Å². The van der Waals surface area contributed by atoms with Gasteiger partial charge in [0.05, 0.1) is 12.8 Å². The molecule has 1 heterocycles. The number of carbonyl (C=O) groups is 2. The van der Waals surface area contributed by atoms with Crippen LogP contribution < -0.4 is 15.0 Å². The fourth-order valence-electron chi connectivity index (χ4n) is 2.64. The Balaban J connectivity index is 2.06. The molecule has 1 saturated heterocycles. The van der Waals surface area contributed by atoms with Crippen molar-refractivity contribution in [2.24, 2.45) is 5.92 Å². The third-order valence-corrected chi connectivity index (χ3v) is 4.35. The summed E-state index contributed by atoms with van der Waals surface area (Å²) in [5, 5.41) is 12.6. The van der Waals surface area contributed by atoms with Gasteiger partial charge in [0.1, 0.15) is 17.9 Å². The number of aliphatic hydroxyl groups is 1. The van der Waals surface area contributed by atoms with E-state index in [1.165, 1.54) is 0 Å². The van der Waals surface area contributed by atoms with Gasteiger partial charge in [-0.2, -0.15) is 0 Å². The van der Waals surface area contributed by atoms with Gasteiger partial charge in [-0.1, -0.05) is 32.4 Å². The van der Waals surface area contributed by atoms with Gasteiger partial charge in [-0.3, -0.25) is 9.59 Å². The van der Waals surface area contributed by atoms with Gasteiger partial charge >= 0.3 is 0 Å². The highest BCUT2D eigenvalue weighted by atomic mass is 16.5. The molecule has 0 saturated carbocycles. The minimum Gasteiger partial charge on any atom is -0.495 e. The molecular weight excluding hydrogens is 296 g/mol. The largest absolute Gasteiger partial charge is 0.495 e. The SMILES string of the molecule is CCC(C)C(O)C(=O)NC1CCN(c2ccccc2OC)C1=O. The Bertz CT molecular complexity index is 575. The van der Waals surface area contributed by atoms with Crippen LogP contribution in [0.1, 0.15) is 26.7 Å². The molecule has 6 nitrogen and oxygen atoms in total. The Morgan fingerprint density at radius 1 is 1.48 bits per heavy atom. The quantitative estimate of drug-likeness (QED) is 0.829. The number of carbonyl (C=O) groups excluding carboxylic acids is 2. The van der Waals surface area contributed by atoms with Gasteiger partial charge in [0.25, 0.3) is 0 Å². The number of hydrogen-bond donors (Lipinski definition) is 2. The number of nitrogens with zero attached hydrogens (tertiary/aromatic N) is 1. The van der Waals surface area contributed by atoms with E-state index in [2.05, 4.69) is 5.32 Å². The number of methoxy groups -OCH3 is 1. The Labute approximate surface area is 136 Å². The molecule has 23 heavy (non-hydrogen) atoms. The lowest BCUT2D eigenvalue weighted by Crippen LogP contribution is -2.47. The zero-order valence-corrected chi connectivity index (χ0v) is 13.8. The molecule has 2 amide bonds. The van der Waals surface area contributed by atoms with Gasteiger partial charge in [-0.25, -0.2) is 0 Å². The number of rotatable bonds is 6. The highest BCUT2D eigenvalue weighted by Crippen LogP contribution is 2.31. The summed E-state index contributed by atoms with van der Waals surface area (Å²) in [5.41, 5.74) is 0.694. The summed E-state index contributed by atoms with van der Waals surface area (Å²) < 4.78 is 5.29. The van der Waals surface area contributed by atoms with Gasteiger partial charge < -0.3 is 20.1 Å². The highest BCUT2D eigenvalue weighted by molar-refractivity contribution is 6.02. The summed E-state index contributed by atoms with van der Waals surface area (Å²) in [4.78, 5) is 26.2. The molecule has 2 N–H and O–H groups in total. The molecule has 126 valence electrons. The average Bonchev–Trinajstić information content (AvgIpc) is 2.93. The van der Waals surface area contributed by atoms with Gasteiger partial charge in [-0.05, 0) is 24.5 Å². The molecule has 1 fully saturated rings. The first-order valence-electron chi connectivity index (χ1n) is 7.92. The summed E-state index contributed by atoms with van der Waals surface area (Å²) in [5.74, 6) is -0.192. The number of benzene rings is 1. The van der Waals surface area contributed by atoms with Crippen molar-refractivity contribution in [3.8, 4) is 5.75 Å². The van der Waals surface area contributed by atoms with Gasteiger partial charge in [-0.15, -0.1) is 0 Å². The molecule has 6 heteroatoms. The van der Waals surface area contributed by atoms with Crippen LogP contribution in [0.25, 0.3) is 0 Å². The second-order valence-corrected chi connectivity index (χ2v) is 5.84. The molecule has 1 aliphatic rings. The topological polar surface area (TPSA) is 78.9 Å². The van der Waals surface area contributed by atoms with E-state index in [4.69, 9.17) is 4.74 Å². The number of amides is 2. The second-order valence-electron chi connectivity index (χ2n) is 5.84. The Morgan fingerprint density at radius 3 is 2.83 bits per heavy atom. The normalized spacial score (nSPS) is 20.3. The van der Waals surface area contributed by atoms with Gasteiger partial charge in [0.2, 0.25) is 11.8 Å². The minimum absolute atomic E-state index is 0.142. The number of aliphatic hydroxyl groups excluding tert-OH is 1. The molecule has 0 bridgehead atoms. The van der Waals surface area contributed by atoms with Crippen molar-refractivity contribution in [2.45, 2.75) is 38.8 Å². The van der Waals surface area contributed by atoms with E-state index in [1.54, 1.807) is 18.1 Å². The summed E-state index contributed by atoms with van der Waals surface area (Å²) in [7, 11) is 1.56. The van der Waals surface area contributed by atoms with Crippen molar-refractivity contribution in [1.29, 1.82) is 0 Å². The van der Waals surface area contributed by atoms with Crippen molar-refractivity contribution >= 4 is 17.5 Å². The zero-order valence-electron chi connectivity index (χ0n) is 13.8. The predicted molar refractivity (Wildman–Crippen MR) is 87.4 cm³/mol. The Hall–Kier alpha value is -2.08. The molecule has 0 spiro atoms. The maximum Gasteiger partial charge on any atom is 0.249 e. The first-order chi connectivity index (χ1) is 11.0. The summed E-state index contributed by atoms with van der Waals surface area (Å²) >= 11 is 0. The smallest absolute Gasteiger partial charge is 0.249 e. The first-order valence-corrected chi connectivity index (χ1v) is 7.92. The average molecular weight is 320 g/mol. The Morgan fingerprint density at radius 2 is 2.17 bits per heavy atom. The number of para-hydroxylation sites is 2. The Kier molecular flexibility index (Phi) is 5.60. The van der Waals surface area contributed by atoms with Crippen LogP contribution in [-0.2, 0) is 9.59 Å². The molecule has 0 aromatic heterocycles. The molecule has 3 atom stereocenters. The molecule has 1 aromatic rings. The number of ether oxygens (including phenoxy) is 1. The third kappa shape index (κ3) is 3.64. The fourth-order valence-corrected chi connectivity index (χ4v) is 2.64. The van der Waals surface area contributed by atoms with Crippen LogP contribution in [0.3, 0.4) is 0 Å². The van der Waals surface area contributed by atoms with Crippen molar-refractivity contribution in [1.82, 2.24) is 5.32 Å². The lowest BCUT2D eigenvalue weighted by molar-refractivity contribution is -0.134. The van der Waals surface area contributed by atoms with E-state index in [0.29, 0.717) is 30.8 Å². The highest BCUT2D eigenvalue weighted by Gasteiger charge is 2.36. The van der Waals surface area contributed by atoms with E-state index in [-0.39, 0.29) is 11.8 Å². The lowest BCUT2D eigenvalue weighted by atomic mass is 10.0. The summed E-state index contributed by atoms with van der Waals surface area (Å²) in [6.07, 6.45) is 0.115. The lowest BCUT2D eigenvalue weighted by Gasteiger charge is -2.21. The van der Waals surface area contributed by atoms with Gasteiger partial charge in [0.15, 0.2) is 0 Å². The minimum atomic E-state index is -1.09. The summed E-state index contributed by atoms with van der Waals surface area (Å²) in [6.45, 7) is 4.22. The first kappa shape index (κ1) is 17.3. The van der Waals surface area contributed by atoms with Crippen molar-refractivity contribution in [3.63, 3.8) is 0 Å². The van der Waals surface area contributed by atoms with Crippen LogP contribution in [0.5, 0.6) is 5.75 Å². The monoisotopic (exact) mass is 320 g/mol. The van der Waals surface area contributed by atoms with Crippen LogP contribution in [0.4, 0.5) is 5.69 Å². The van der Waals surface area contributed by atoms with E-state index >= 15 is 0 Å². The van der Waals surface area contributed by atoms with E-state index in [1.807, 2.05) is 32.0 Å². The van der Waals surface area contributed by atoms with Crippen LogP contribution >= 0.6 is 0 Å². The molecule has 1 aromatic carbocycles. The molecule has 2 rings (SSSR count). The molecular formula is C17H24N2O4. The van der Waals surface area contributed by atoms with Crippen LogP contribution in [-0.4, -0.2) is 42.7 Å². The second kappa shape index (κ2) is 7.46. The van der Waals surface area contributed by atoms with Crippen LogP contribution in [0.15, 0.2) is 24.3 Å². The van der Waals surface area contributed by atoms with Crippen molar-refractivity contribution < 1.29 is 19.4 Å². The van der Waals surface area contributed by atoms with E-state index < -0.39 is 18.1 Å². The number of anilines is 1. The fraction of sp³-hybridized carbons (Fsp3) is 0.529. The van der Waals surface area contributed by atoms with E-state index in [9.17, 15) is 14.7 Å². The van der Waals surface area contributed by atoms with Crippen molar-refractivity contribution in [3.05, 3.63) is 24.3 Å². The maximum atomic E-state index is 12.5. The zero-order chi connectivity index (χ0) is 17.0. The number of nitrogens with one attached hydrogen (secondary N) is 1. The molecule has 3 unspecified atom stereocenters. The predicted octanol–water partition coefficient (Wildman–Crippen LogP) is 1.32. The summed E-state index contributed by atoms with van der Waals surface area (Å²) in [6, 6.07) is 6.68. The molecule has 0 radical (unpaired) electrons. The molecule has 1 aliphatic heterocycles.